The van der Waals surface area contributed by atoms with E-state index in [-0.39, 0.29) is 0 Å². The fraction of sp³-hybridized carbons (Fsp3) is 0.222. The lowest BCUT2D eigenvalue weighted by molar-refractivity contribution is 0.146. The molecule has 0 bridgehead atoms. The molecule has 3 heteroatoms. The van der Waals surface area contributed by atoms with E-state index in [0.717, 1.165) is 12.3 Å². The molecule has 0 N–H and O–H groups in total. The molecule has 3 nitrogen and oxygen atoms in total. The van der Waals surface area contributed by atoms with Gasteiger partial charge in [-0.2, -0.15) is 0 Å². The van der Waals surface area contributed by atoms with Gasteiger partial charge in [-0.3, -0.25) is 0 Å². The van der Waals surface area contributed by atoms with Crippen LogP contribution < -0.4 is 4.74 Å². The summed E-state index contributed by atoms with van der Waals surface area (Å²) in [6.07, 6.45) is 2.13. The van der Waals surface area contributed by atoms with Crippen LogP contribution in [0.15, 0.2) is 60.8 Å². The molecule has 0 atom stereocenters. The highest BCUT2D eigenvalue weighted by Gasteiger charge is 2.02. The molecular formula is C18H19NO2. The summed E-state index contributed by atoms with van der Waals surface area (Å²) >= 11 is 0. The number of aromatic nitrogens is 1. The van der Waals surface area contributed by atoms with Crippen molar-refractivity contribution in [3.63, 3.8) is 0 Å². The van der Waals surface area contributed by atoms with E-state index in [9.17, 15) is 0 Å². The van der Waals surface area contributed by atoms with Gasteiger partial charge in [0.1, 0.15) is 12.4 Å². The lowest BCUT2D eigenvalue weighted by Crippen LogP contribution is -2.05. The van der Waals surface area contributed by atoms with Crippen molar-refractivity contribution < 1.29 is 9.47 Å². The molecule has 0 aliphatic rings. The molecule has 2 aromatic carbocycles. The van der Waals surface area contributed by atoms with Crippen molar-refractivity contribution in [2.75, 3.05) is 20.3 Å². The predicted molar refractivity (Wildman–Crippen MR) is 84.9 cm³/mol. The zero-order chi connectivity index (χ0) is 14.5. The molecule has 0 amide bonds. The Bertz CT molecular complexity index is 718. The second-order valence-corrected chi connectivity index (χ2v) is 4.99. The molecule has 108 valence electrons. The van der Waals surface area contributed by atoms with E-state index in [4.69, 9.17) is 9.47 Å². The van der Waals surface area contributed by atoms with Gasteiger partial charge in [0.05, 0.1) is 6.61 Å². The van der Waals surface area contributed by atoms with Crippen LogP contribution in [-0.4, -0.2) is 24.9 Å². The van der Waals surface area contributed by atoms with Gasteiger partial charge in [-0.05, 0) is 35.2 Å². The maximum atomic E-state index is 5.66. The highest BCUT2D eigenvalue weighted by molar-refractivity contribution is 5.80. The molecule has 1 heterocycles. The molecule has 0 fully saturated rings. The summed E-state index contributed by atoms with van der Waals surface area (Å²) in [6, 6.07) is 18.8. The molecule has 0 radical (unpaired) electrons. The number of rotatable bonds is 6. The first-order valence-electron chi connectivity index (χ1n) is 7.11. The molecule has 3 rings (SSSR count). The number of hydrogen-bond donors (Lipinski definition) is 0. The zero-order valence-corrected chi connectivity index (χ0v) is 12.2. The normalized spacial score (nSPS) is 10.9. The second-order valence-electron chi connectivity index (χ2n) is 4.99. The van der Waals surface area contributed by atoms with Crippen molar-refractivity contribution in [2.45, 2.75) is 6.54 Å². The van der Waals surface area contributed by atoms with Crippen LogP contribution in [0.1, 0.15) is 5.56 Å². The van der Waals surface area contributed by atoms with Crippen molar-refractivity contribution in [3.8, 4) is 5.75 Å². The Morgan fingerprint density at radius 1 is 0.952 bits per heavy atom. The van der Waals surface area contributed by atoms with Crippen LogP contribution in [0.25, 0.3) is 10.9 Å². The number of hydrogen-bond acceptors (Lipinski definition) is 2. The lowest BCUT2D eigenvalue weighted by atomic mass is 10.2. The predicted octanol–water partition coefficient (Wildman–Crippen LogP) is 3.71. The van der Waals surface area contributed by atoms with Crippen molar-refractivity contribution in [1.82, 2.24) is 4.57 Å². The molecule has 0 spiro atoms. The van der Waals surface area contributed by atoms with Gasteiger partial charge < -0.3 is 14.0 Å². The Hall–Kier alpha value is -2.26. The van der Waals surface area contributed by atoms with E-state index in [1.54, 1.807) is 7.11 Å². The SMILES string of the molecule is COCCOc1cccc(Cn2ccc3ccccc32)c1. The average molecular weight is 281 g/mol. The molecular weight excluding hydrogens is 262 g/mol. The third-order valence-electron chi connectivity index (χ3n) is 3.49. The summed E-state index contributed by atoms with van der Waals surface area (Å²) in [6.45, 7) is 2.02. The molecule has 0 aliphatic heterocycles. The molecule has 0 saturated carbocycles. The van der Waals surface area contributed by atoms with Crippen LogP contribution in [-0.2, 0) is 11.3 Å². The van der Waals surface area contributed by atoms with Gasteiger partial charge in [-0.25, -0.2) is 0 Å². The highest BCUT2D eigenvalue weighted by Crippen LogP contribution is 2.19. The number of ether oxygens (including phenoxy) is 2. The fourth-order valence-corrected chi connectivity index (χ4v) is 2.45. The molecule has 0 unspecified atom stereocenters. The van der Waals surface area contributed by atoms with Crippen LogP contribution in [0.3, 0.4) is 0 Å². The number of fused-ring (bicyclic) bond motifs is 1. The highest BCUT2D eigenvalue weighted by atomic mass is 16.5. The third kappa shape index (κ3) is 3.26. The number of nitrogens with zero attached hydrogens (tertiary/aromatic N) is 1. The largest absolute Gasteiger partial charge is 0.491 e. The molecule has 21 heavy (non-hydrogen) atoms. The van der Waals surface area contributed by atoms with E-state index < -0.39 is 0 Å². The van der Waals surface area contributed by atoms with E-state index >= 15 is 0 Å². The third-order valence-corrected chi connectivity index (χ3v) is 3.49. The van der Waals surface area contributed by atoms with Gasteiger partial charge in [0.15, 0.2) is 0 Å². The monoisotopic (exact) mass is 281 g/mol. The molecule has 0 saturated heterocycles. The smallest absolute Gasteiger partial charge is 0.119 e. The van der Waals surface area contributed by atoms with Gasteiger partial charge >= 0.3 is 0 Å². The lowest BCUT2D eigenvalue weighted by Gasteiger charge is -2.09. The van der Waals surface area contributed by atoms with Crippen LogP contribution in [0.4, 0.5) is 0 Å². The first-order chi connectivity index (χ1) is 10.4. The summed E-state index contributed by atoms with van der Waals surface area (Å²) < 4.78 is 12.9. The maximum absolute atomic E-state index is 5.66. The average Bonchev–Trinajstić information content (AvgIpc) is 2.91. The van der Waals surface area contributed by atoms with E-state index in [2.05, 4.69) is 53.2 Å². The Kier molecular flexibility index (Phi) is 4.22. The summed E-state index contributed by atoms with van der Waals surface area (Å²) in [7, 11) is 1.68. The topological polar surface area (TPSA) is 23.4 Å². The van der Waals surface area contributed by atoms with Gasteiger partial charge in [-0.15, -0.1) is 0 Å². The van der Waals surface area contributed by atoms with Crippen LogP contribution in [0, 0.1) is 0 Å². The Morgan fingerprint density at radius 2 is 1.86 bits per heavy atom. The Morgan fingerprint density at radius 3 is 2.76 bits per heavy atom. The zero-order valence-electron chi connectivity index (χ0n) is 12.2. The number of para-hydroxylation sites is 1. The van der Waals surface area contributed by atoms with Crippen molar-refractivity contribution in [1.29, 1.82) is 0 Å². The van der Waals surface area contributed by atoms with Gasteiger partial charge in [0, 0.05) is 25.4 Å². The molecule has 3 aromatic rings. The maximum Gasteiger partial charge on any atom is 0.119 e. The summed E-state index contributed by atoms with van der Waals surface area (Å²) in [5.41, 5.74) is 2.48. The number of methoxy groups -OCH3 is 1. The second kappa shape index (κ2) is 6.46. The van der Waals surface area contributed by atoms with Crippen molar-refractivity contribution in [3.05, 3.63) is 66.4 Å². The van der Waals surface area contributed by atoms with Gasteiger partial charge in [-0.1, -0.05) is 30.3 Å². The first-order valence-corrected chi connectivity index (χ1v) is 7.11. The van der Waals surface area contributed by atoms with Crippen LogP contribution in [0.2, 0.25) is 0 Å². The first kappa shape index (κ1) is 13.7. The van der Waals surface area contributed by atoms with E-state index in [0.29, 0.717) is 13.2 Å². The molecule has 0 aliphatic carbocycles. The number of benzene rings is 2. The summed E-state index contributed by atoms with van der Waals surface area (Å²) in [5, 5.41) is 1.27. The Balaban J connectivity index is 1.76. The minimum atomic E-state index is 0.576. The summed E-state index contributed by atoms with van der Waals surface area (Å²) in [5.74, 6) is 0.890. The van der Waals surface area contributed by atoms with Gasteiger partial charge in [0.25, 0.3) is 0 Å². The van der Waals surface area contributed by atoms with Crippen molar-refractivity contribution in [2.24, 2.45) is 0 Å². The quantitative estimate of drug-likeness (QED) is 0.643. The van der Waals surface area contributed by atoms with Crippen LogP contribution >= 0.6 is 0 Å². The minimum absolute atomic E-state index is 0.576. The van der Waals surface area contributed by atoms with E-state index in [1.165, 1.54) is 16.5 Å². The Labute approximate surface area is 124 Å². The standard InChI is InChI=1S/C18H19NO2/c1-20-11-12-21-17-7-4-5-15(13-17)14-19-10-9-16-6-2-3-8-18(16)19/h2-10,13H,11-12,14H2,1H3. The van der Waals surface area contributed by atoms with Gasteiger partial charge in [0.2, 0.25) is 0 Å². The minimum Gasteiger partial charge on any atom is -0.491 e. The van der Waals surface area contributed by atoms with E-state index in [1.807, 2.05) is 12.1 Å². The molecule has 1 aromatic heterocycles. The fourth-order valence-electron chi connectivity index (χ4n) is 2.45. The summed E-state index contributed by atoms with van der Waals surface area (Å²) in [4.78, 5) is 0. The van der Waals surface area contributed by atoms with Crippen LogP contribution in [0.5, 0.6) is 5.75 Å². The van der Waals surface area contributed by atoms with Crippen molar-refractivity contribution >= 4 is 10.9 Å².